The fraction of sp³-hybridized carbons (Fsp3) is 0.160. The summed E-state index contributed by atoms with van der Waals surface area (Å²) >= 11 is 21.7. The highest BCUT2D eigenvalue weighted by Crippen LogP contribution is 2.35. The molecule has 0 bridgehead atoms. The van der Waals surface area contributed by atoms with E-state index >= 15 is 0 Å². The molecule has 0 unspecified atom stereocenters. The highest BCUT2D eigenvalue weighted by atomic mass is 79.9. The Kier molecular flexibility index (Phi) is 8.18. The number of aromatic nitrogens is 2. The smallest absolute Gasteiger partial charge is 0.313 e. The zero-order valence-electron chi connectivity index (χ0n) is 19.4. The van der Waals surface area contributed by atoms with Gasteiger partial charge in [-0.05, 0) is 36.4 Å². The highest BCUT2D eigenvalue weighted by Gasteiger charge is 2.22. The maximum atomic E-state index is 13.3. The lowest BCUT2D eigenvalue weighted by molar-refractivity contribution is -0.385. The van der Waals surface area contributed by atoms with Crippen LogP contribution in [0.2, 0.25) is 15.1 Å². The Bertz CT molecular complexity index is 1620. The fourth-order valence-electron chi connectivity index (χ4n) is 3.55. The summed E-state index contributed by atoms with van der Waals surface area (Å²) in [5, 5.41) is 17.4. The molecule has 0 fully saturated rings. The van der Waals surface area contributed by atoms with Crippen molar-refractivity contribution >= 4 is 73.5 Å². The van der Waals surface area contributed by atoms with Gasteiger partial charge in [-0.3, -0.25) is 14.9 Å². The first kappa shape index (κ1) is 27.1. The van der Waals surface area contributed by atoms with E-state index in [2.05, 4.69) is 26.0 Å². The third-order valence-corrected chi connectivity index (χ3v) is 6.61. The standard InChI is InChI=1S/C25H18BrCl3N4O4/c1-13(2)24-31-21-6-4-16(26)8-19(21)25(34)32(24)30-11-15-7-18(28)10-22(33(35)36)23(15)37-12-14-3-5-17(27)9-20(14)29/h3-11,13H,12H2,1-2H3. The predicted molar refractivity (Wildman–Crippen MR) is 150 cm³/mol. The van der Waals surface area contributed by atoms with Crippen molar-refractivity contribution in [2.75, 3.05) is 0 Å². The van der Waals surface area contributed by atoms with E-state index < -0.39 is 10.5 Å². The number of nitrogens with zero attached hydrogens (tertiary/aromatic N) is 4. The molecule has 4 rings (SSSR count). The zero-order chi connectivity index (χ0) is 26.9. The predicted octanol–water partition coefficient (Wildman–Crippen LogP) is 7.61. The molecule has 8 nitrogen and oxygen atoms in total. The van der Waals surface area contributed by atoms with Crippen LogP contribution in [0.3, 0.4) is 0 Å². The van der Waals surface area contributed by atoms with Crippen molar-refractivity contribution in [3.8, 4) is 5.75 Å². The van der Waals surface area contributed by atoms with E-state index in [-0.39, 0.29) is 34.5 Å². The lowest BCUT2D eigenvalue weighted by atomic mass is 10.1. The van der Waals surface area contributed by atoms with E-state index in [9.17, 15) is 14.9 Å². The van der Waals surface area contributed by atoms with Crippen LogP contribution in [0.1, 0.15) is 36.7 Å². The molecule has 0 atom stereocenters. The molecule has 0 aliphatic rings. The second-order valence-electron chi connectivity index (χ2n) is 8.27. The Morgan fingerprint density at radius 1 is 1.14 bits per heavy atom. The normalized spacial score (nSPS) is 11.5. The minimum atomic E-state index is -0.608. The molecule has 37 heavy (non-hydrogen) atoms. The number of benzene rings is 3. The van der Waals surface area contributed by atoms with Crippen molar-refractivity contribution < 1.29 is 9.66 Å². The summed E-state index contributed by atoms with van der Waals surface area (Å²) in [5.74, 6) is 0.192. The lowest BCUT2D eigenvalue weighted by Gasteiger charge is -2.13. The minimum absolute atomic E-state index is 0.0813. The summed E-state index contributed by atoms with van der Waals surface area (Å²) in [6, 6.07) is 12.7. The quantitative estimate of drug-likeness (QED) is 0.120. The van der Waals surface area contributed by atoms with Gasteiger partial charge in [0.1, 0.15) is 12.4 Å². The molecule has 0 saturated heterocycles. The molecule has 3 aromatic carbocycles. The van der Waals surface area contributed by atoms with E-state index in [1.54, 1.807) is 36.4 Å². The summed E-state index contributed by atoms with van der Waals surface area (Å²) in [6.45, 7) is 3.68. The second-order valence-corrected chi connectivity index (χ2v) is 10.5. The molecule has 0 spiro atoms. The Morgan fingerprint density at radius 2 is 1.89 bits per heavy atom. The lowest BCUT2D eigenvalue weighted by Crippen LogP contribution is -2.23. The molecule has 1 heterocycles. The largest absolute Gasteiger partial charge is 0.481 e. The Hall–Kier alpha value is -2.98. The number of fused-ring (bicyclic) bond motifs is 1. The van der Waals surface area contributed by atoms with Gasteiger partial charge in [-0.25, -0.2) is 4.98 Å². The fourth-order valence-corrected chi connectivity index (χ4v) is 4.59. The number of nitro benzene ring substituents is 1. The monoisotopic (exact) mass is 622 g/mol. The van der Waals surface area contributed by atoms with E-state index in [1.807, 2.05) is 13.8 Å². The number of halogens is 4. The van der Waals surface area contributed by atoms with Crippen LogP contribution >= 0.6 is 50.7 Å². The molecular weight excluding hydrogens is 607 g/mol. The van der Waals surface area contributed by atoms with Crippen LogP contribution in [0.15, 0.2) is 62.9 Å². The number of nitro groups is 1. The number of rotatable bonds is 7. The number of ether oxygens (including phenoxy) is 1. The van der Waals surface area contributed by atoms with Crippen molar-refractivity contribution in [1.29, 1.82) is 0 Å². The second kappa shape index (κ2) is 11.2. The van der Waals surface area contributed by atoms with E-state index in [0.29, 0.717) is 36.8 Å². The van der Waals surface area contributed by atoms with E-state index in [4.69, 9.17) is 39.5 Å². The van der Waals surface area contributed by atoms with Crippen LogP contribution in [-0.4, -0.2) is 20.8 Å². The first-order valence-electron chi connectivity index (χ1n) is 10.9. The van der Waals surface area contributed by atoms with Crippen molar-refractivity contribution in [2.24, 2.45) is 5.10 Å². The van der Waals surface area contributed by atoms with Crippen LogP contribution in [0.25, 0.3) is 10.9 Å². The van der Waals surface area contributed by atoms with Gasteiger partial charge in [0, 0.05) is 42.7 Å². The molecule has 0 amide bonds. The molecule has 0 aliphatic carbocycles. The highest BCUT2D eigenvalue weighted by molar-refractivity contribution is 9.10. The van der Waals surface area contributed by atoms with Crippen molar-refractivity contribution in [3.05, 3.63) is 105 Å². The third kappa shape index (κ3) is 5.96. The van der Waals surface area contributed by atoms with Gasteiger partial charge < -0.3 is 4.74 Å². The van der Waals surface area contributed by atoms with Gasteiger partial charge >= 0.3 is 5.69 Å². The number of hydrogen-bond acceptors (Lipinski definition) is 6. The van der Waals surface area contributed by atoms with Gasteiger partial charge in [-0.2, -0.15) is 9.78 Å². The maximum absolute atomic E-state index is 13.3. The Balaban J connectivity index is 1.83. The van der Waals surface area contributed by atoms with Crippen molar-refractivity contribution in [1.82, 2.24) is 9.66 Å². The van der Waals surface area contributed by atoms with Crippen LogP contribution in [0, 0.1) is 10.1 Å². The van der Waals surface area contributed by atoms with Crippen molar-refractivity contribution in [2.45, 2.75) is 26.4 Å². The van der Waals surface area contributed by atoms with Crippen LogP contribution in [0.5, 0.6) is 5.75 Å². The topological polar surface area (TPSA) is 99.6 Å². The molecule has 1 aromatic heterocycles. The molecule has 0 N–H and O–H groups in total. The molecule has 12 heteroatoms. The third-order valence-electron chi connectivity index (χ3n) is 5.31. The molecule has 0 radical (unpaired) electrons. The van der Waals surface area contributed by atoms with Gasteiger partial charge in [-0.15, -0.1) is 0 Å². The zero-order valence-corrected chi connectivity index (χ0v) is 23.3. The summed E-state index contributed by atoms with van der Waals surface area (Å²) in [4.78, 5) is 29.1. The van der Waals surface area contributed by atoms with Gasteiger partial charge in [0.05, 0.1) is 22.0 Å². The first-order valence-corrected chi connectivity index (χ1v) is 12.8. The first-order chi connectivity index (χ1) is 17.5. The van der Waals surface area contributed by atoms with E-state index in [1.165, 1.54) is 23.0 Å². The van der Waals surface area contributed by atoms with Crippen molar-refractivity contribution in [3.63, 3.8) is 0 Å². The van der Waals surface area contributed by atoms with Crippen LogP contribution in [0.4, 0.5) is 5.69 Å². The molecule has 0 saturated carbocycles. The van der Waals surface area contributed by atoms with E-state index in [0.717, 1.165) is 0 Å². The summed E-state index contributed by atoms with van der Waals surface area (Å²) in [7, 11) is 0. The summed E-state index contributed by atoms with van der Waals surface area (Å²) in [5.41, 5.74) is 0.542. The van der Waals surface area contributed by atoms with Crippen LogP contribution in [-0.2, 0) is 6.61 Å². The molecular formula is C25H18BrCl3N4O4. The maximum Gasteiger partial charge on any atom is 0.313 e. The number of hydrogen-bond donors (Lipinski definition) is 0. The van der Waals surface area contributed by atoms with Gasteiger partial charge in [0.2, 0.25) is 5.75 Å². The minimum Gasteiger partial charge on any atom is -0.481 e. The van der Waals surface area contributed by atoms with Gasteiger partial charge in [-0.1, -0.05) is 70.6 Å². The summed E-state index contributed by atoms with van der Waals surface area (Å²) in [6.07, 6.45) is 1.29. The van der Waals surface area contributed by atoms with Gasteiger partial charge in [0.15, 0.2) is 0 Å². The van der Waals surface area contributed by atoms with Gasteiger partial charge in [0.25, 0.3) is 5.56 Å². The molecule has 0 aliphatic heterocycles. The SMILES string of the molecule is CC(C)c1nc2ccc(Br)cc2c(=O)n1N=Cc1cc(Cl)cc([N+](=O)[O-])c1OCc1ccc(Cl)cc1Cl. The average Bonchev–Trinajstić information content (AvgIpc) is 2.83. The Labute approximate surface area is 234 Å². The average molecular weight is 625 g/mol. The Morgan fingerprint density at radius 3 is 2.57 bits per heavy atom. The molecule has 4 aromatic rings. The molecule has 190 valence electrons. The van der Waals surface area contributed by atoms with Crippen LogP contribution < -0.4 is 10.3 Å². The summed E-state index contributed by atoms with van der Waals surface area (Å²) < 4.78 is 7.73.